The fourth-order valence-corrected chi connectivity index (χ4v) is 2.10. The van der Waals surface area contributed by atoms with Gasteiger partial charge in [-0.1, -0.05) is 13.3 Å². The van der Waals surface area contributed by atoms with Crippen LogP contribution in [0.15, 0.2) is 0 Å². The second kappa shape index (κ2) is 8.89. The molecule has 0 radical (unpaired) electrons. The summed E-state index contributed by atoms with van der Waals surface area (Å²) in [7, 11) is -1.93. The van der Waals surface area contributed by atoms with Gasteiger partial charge in [-0.05, 0) is 12.3 Å². The summed E-state index contributed by atoms with van der Waals surface area (Å²) in [5.74, 6) is 0.170. The first-order valence-corrected chi connectivity index (χ1v) is 6.88. The van der Waals surface area contributed by atoms with Crippen LogP contribution in [0.2, 0.25) is 0 Å². The van der Waals surface area contributed by atoms with Gasteiger partial charge < -0.3 is 9.84 Å². The quantitative estimate of drug-likeness (QED) is 0.457. The lowest BCUT2D eigenvalue weighted by Crippen LogP contribution is -2.40. The van der Waals surface area contributed by atoms with E-state index in [1.165, 1.54) is 7.11 Å². The van der Waals surface area contributed by atoms with E-state index < -0.39 is 10.2 Å². The van der Waals surface area contributed by atoms with E-state index in [1.54, 1.807) is 0 Å². The van der Waals surface area contributed by atoms with Crippen molar-refractivity contribution in [3.05, 3.63) is 0 Å². The molecule has 1 unspecified atom stereocenters. The molecule has 16 heavy (non-hydrogen) atoms. The van der Waals surface area contributed by atoms with Crippen molar-refractivity contribution in [2.24, 2.45) is 5.92 Å². The first-order valence-electron chi connectivity index (χ1n) is 5.39. The summed E-state index contributed by atoms with van der Waals surface area (Å²) >= 11 is 0. The van der Waals surface area contributed by atoms with Crippen molar-refractivity contribution in [1.82, 2.24) is 9.44 Å². The molecule has 0 aromatic carbocycles. The third-order valence-electron chi connectivity index (χ3n) is 2.27. The molecular formula is C9H22N2O4S. The van der Waals surface area contributed by atoms with Crippen LogP contribution in [-0.2, 0) is 14.9 Å². The van der Waals surface area contributed by atoms with Gasteiger partial charge in [-0.2, -0.15) is 13.1 Å². The van der Waals surface area contributed by atoms with E-state index in [0.717, 1.165) is 6.42 Å². The SMILES string of the molecule is CCC(CCO)CNS(=O)(=O)NCCOC. The Bertz CT molecular complexity index is 256. The smallest absolute Gasteiger partial charge is 0.276 e. The predicted molar refractivity (Wildman–Crippen MR) is 62.3 cm³/mol. The van der Waals surface area contributed by atoms with Crippen LogP contribution in [0, 0.1) is 5.92 Å². The van der Waals surface area contributed by atoms with Crippen LogP contribution in [-0.4, -0.2) is 46.9 Å². The maximum Gasteiger partial charge on any atom is 0.276 e. The third-order valence-corrected chi connectivity index (χ3v) is 3.41. The lowest BCUT2D eigenvalue weighted by atomic mass is 10.0. The van der Waals surface area contributed by atoms with Gasteiger partial charge in [-0.15, -0.1) is 0 Å². The van der Waals surface area contributed by atoms with Gasteiger partial charge in [0.1, 0.15) is 0 Å². The van der Waals surface area contributed by atoms with Crippen LogP contribution in [0.4, 0.5) is 0 Å². The minimum atomic E-state index is -3.44. The standard InChI is InChI=1S/C9H22N2O4S/c1-3-9(4-6-12)8-11-16(13,14)10-5-7-15-2/h9-12H,3-8H2,1-2H3. The number of hydrogen-bond acceptors (Lipinski definition) is 4. The van der Waals surface area contributed by atoms with E-state index in [4.69, 9.17) is 9.84 Å². The van der Waals surface area contributed by atoms with Gasteiger partial charge in [0.25, 0.3) is 10.2 Å². The second-order valence-corrected chi connectivity index (χ2v) is 5.11. The summed E-state index contributed by atoms with van der Waals surface area (Å²) in [6.45, 7) is 2.99. The van der Waals surface area contributed by atoms with Gasteiger partial charge in [-0.3, -0.25) is 0 Å². The zero-order valence-corrected chi connectivity index (χ0v) is 10.7. The minimum Gasteiger partial charge on any atom is -0.396 e. The molecule has 0 aromatic heterocycles. The molecule has 0 rings (SSSR count). The van der Waals surface area contributed by atoms with E-state index >= 15 is 0 Å². The van der Waals surface area contributed by atoms with Gasteiger partial charge in [0, 0.05) is 26.8 Å². The van der Waals surface area contributed by atoms with Crippen molar-refractivity contribution >= 4 is 10.2 Å². The molecule has 0 bridgehead atoms. The molecule has 98 valence electrons. The Morgan fingerprint density at radius 3 is 2.56 bits per heavy atom. The molecule has 0 aliphatic rings. The molecule has 0 amide bonds. The van der Waals surface area contributed by atoms with E-state index in [9.17, 15) is 8.42 Å². The average Bonchev–Trinajstić information content (AvgIpc) is 2.24. The Balaban J connectivity index is 3.87. The van der Waals surface area contributed by atoms with Gasteiger partial charge in [0.15, 0.2) is 0 Å². The number of hydrogen-bond donors (Lipinski definition) is 3. The zero-order chi connectivity index (χ0) is 12.4. The summed E-state index contributed by atoms with van der Waals surface area (Å²) in [6.07, 6.45) is 1.44. The molecule has 0 heterocycles. The Morgan fingerprint density at radius 2 is 2.06 bits per heavy atom. The maximum absolute atomic E-state index is 11.4. The lowest BCUT2D eigenvalue weighted by Gasteiger charge is -2.14. The molecule has 3 N–H and O–H groups in total. The highest BCUT2D eigenvalue weighted by Crippen LogP contribution is 2.05. The molecule has 7 heteroatoms. The fourth-order valence-electron chi connectivity index (χ4n) is 1.19. The highest BCUT2D eigenvalue weighted by Gasteiger charge is 2.12. The molecule has 0 aromatic rings. The highest BCUT2D eigenvalue weighted by atomic mass is 32.2. The fraction of sp³-hybridized carbons (Fsp3) is 1.00. The van der Waals surface area contributed by atoms with Crippen molar-refractivity contribution in [3.8, 4) is 0 Å². The lowest BCUT2D eigenvalue weighted by molar-refractivity contribution is 0.204. The van der Waals surface area contributed by atoms with Gasteiger partial charge in [-0.25, -0.2) is 4.72 Å². The van der Waals surface area contributed by atoms with Crippen LogP contribution in [0.5, 0.6) is 0 Å². The van der Waals surface area contributed by atoms with E-state index in [-0.39, 0.29) is 19.1 Å². The van der Waals surface area contributed by atoms with Crippen molar-refractivity contribution in [2.45, 2.75) is 19.8 Å². The molecule has 0 fully saturated rings. The summed E-state index contributed by atoms with van der Waals surface area (Å²) in [5.41, 5.74) is 0. The van der Waals surface area contributed by atoms with Crippen LogP contribution < -0.4 is 9.44 Å². The molecule has 0 spiro atoms. The van der Waals surface area contributed by atoms with E-state index in [2.05, 4.69) is 9.44 Å². The largest absolute Gasteiger partial charge is 0.396 e. The van der Waals surface area contributed by atoms with Gasteiger partial charge in [0.05, 0.1) is 6.61 Å². The van der Waals surface area contributed by atoms with Crippen LogP contribution in [0.3, 0.4) is 0 Å². The van der Waals surface area contributed by atoms with Gasteiger partial charge in [0.2, 0.25) is 0 Å². The van der Waals surface area contributed by atoms with Gasteiger partial charge >= 0.3 is 0 Å². The number of rotatable bonds is 10. The monoisotopic (exact) mass is 254 g/mol. The number of aliphatic hydroxyl groups excluding tert-OH is 1. The highest BCUT2D eigenvalue weighted by molar-refractivity contribution is 7.87. The average molecular weight is 254 g/mol. The molecule has 0 aliphatic heterocycles. The van der Waals surface area contributed by atoms with Crippen molar-refractivity contribution < 1.29 is 18.3 Å². The molecule has 0 saturated heterocycles. The second-order valence-electron chi connectivity index (χ2n) is 3.53. The van der Waals surface area contributed by atoms with E-state index in [1.807, 2.05) is 6.92 Å². The van der Waals surface area contributed by atoms with E-state index in [0.29, 0.717) is 19.6 Å². The first-order chi connectivity index (χ1) is 7.55. The summed E-state index contributed by atoms with van der Waals surface area (Å²) < 4.78 is 32.3. The molecule has 0 aliphatic carbocycles. The third kappa shape index (κ3) is 8.00. The summed E-state index contributed by atoms with van der Waals surface area (Å²) in [5, 5.41) is 8.76. The summed E-state index contributed by atoms with van der Waals surface area (Å²) in [4.78, 5) is 0. The number of methoxy groups -OCH3 is 1. The Labute approximate surface area is 97.6 Å². The first kappa shape index (κ1) is 15.8. The topological polar surface area (TPSA) is 87.7 Å². The van der Waals surface area contributed by atoms with Crippen LogP contribution in [0.1, 0.15) is 19.8 Å². The summed E-state index contributed by atoms with van der Waals surface area (Å²) in [6, 6.07) is 0. The number of nitrogens with one attached hydrogen (secondary N) is 2. The Hall–Kier alpha value is -0.210. The normalized spacial score (nSPS) is 13.9. The number of aliphatic hydroxyl groups is 1. The Kier molecular flexibility index (Phi) is 8.77. The van der Waals surface area contributed by atoms with Crippen LogP contribution >= 0.6 is 0 Å². The number of ether oxygens (including phenoxy) is 1. The molecule has 0 saturated carbocycles. The van der Waals surface area contributed by atoms with Crippen molar-refractivity contribution in [3.63, 3.8) is 0 Å². The molecule has 1 atom stereocenters. The van der Waals surface area contributed by atoms with Crippen LogP contribution in [0.25, 0.3) is 0 Å². The molecular weight excluding hydrogens is 232 g/mol. The zero-order valence-electron chi connectivity index (χ0n) is 9.90. The van der Waals surface area contributed by atoms with Crippen molar-refractivity contribution in [1.29, 1.82) is 0 Å². The predicted octanol–water partition coefficient (Wildman–Crippen LogP) is -0.535. The minimum absolute atomic E-state index is 0.0807. The molecule has 6 nitrogen and oxygen atoms in total. The van der Waals surface area contributed by atoms with Crippen molar-refractivity contribution in [2.75, 3.05) is 33.4 Å². The maximum atomic E-state index is 11.4. The Morgan fingerprint density at radius 1 is 1.38 bits per heavy atom.